The molecule has 0 bridgehead atoms. The van der Waals surface area contributed by atoms with Crippen molar-refractivity contribution in [1.29, 1.82) is 0 Å². The number of benzene rings is 2. The van der Waals surface area contributed by atoms with Gasteiger partial charge in [-0.05, 0) is 43.2 Å². The van der Waals surface area contributed by atoms with Crippen LogP contribution in [0.5, 0.6) is 5.75 Å². The van der Waals surface area contributed by atoms with Crippen LogP contribution in [0.1, 0.15) is 24.6 Å². The monoisotopic (exact) mass is 399 g/mol. The fourth-order valence-electron chi connectivity index (χ4n) is 3.37. The van der Waals surface area contributed by atoms with Gasteiger partial charge in [-0.15, -0.1) is 0 Å². The molecule has 3 aromatic rings. The van der Waals surface area contributed by atoms with E-state index in [1.807, 2.05) is 24.3 Å². The smallest absolute Gasteiger partial charge is 0.258 e. The largest absolute Gasteiger partial charge is 0.497 e. The molecule has 0 radical (unpaired) electrons. The summed E-state index contributed by atoms with van der Waals surface area (Å²) < 4.78 is 37.7. The van der Waals surface area contributed by atoms with Gasteiger partial charge in [0.2, 0.25) is 10.0 Å². The van der Waals surface area contributed by atoms with Crippen molar-refractivity contribution in [3.8, 4) is 17.2 Å². The highest BCUT2D eigenvalue weighted by Crippen LogP contribution is 2.31. The Balaban J connectivity index is 1.45. The highest BCUT2D eigenvalue weighted by molar-refractivity contribution is 7.89. The van der Waals surface area contributed by atoms with Crippen molar-refractivity contribution in [1.82, 2.24) is 14.4 Å². The Morgan fingerprint density at radius 3 is 2.54 bits per heavy atom. The predicted octanol–water partition coefficient (Wildman–Crippen LogP) is 3.31. The Morgan fingerprint density at radius 1 is 1.07 bits per heavy atom. The van der Waals surface area contributed by atoms with Crippen LogP contribution in [0.3, 0.4) is 0 Å². The number of methoxy groups -OCH3 is 1. The Morgan fingerprint density at radius 2 is 1.82 bits per heavy atom. The molecule has 0 aliphatic carbocycles. The minimum Gasteiger partial charge on any atom is -0.497 e. The average Bonchev–Trinajstić information content (AvgIpc) is 3.25. The van der Waals surface area contributed by atoms with E-state index in [-0.39, 0.29) is 5.92 Å². The van der Waals surface area contributed by atoms with E-state index >= 15 is 0 Å². The normalized spacial score (nSPS) is 16.2. The molecule has 1 saturated heterocycles. The molecular weight excluding hydrogens is 378 g/mol. The van der Waals surface area contributed by atoms with Crippen molar-refractivity contribution in [3.63, 3.8) is 0 Å². The van der Waals surface area contributed by atoms with Crippen LogP contribution >= 0.6 is 0 Å². The number of hydrogen-bond donors (Lipinski definition) is 0. The Hall–Kier alpha value is -2.71. The van der Waals surface area contributed by atoms with E-state index in [1.165, 1.54) is 4.31 Å². The summed E-state index contributed by atoms with van der Waals surface area (Å²) >= 11 is 0. The zero-order valence-corrected chi connectivity index (χ0v) is 16.3. The molecule has 1 aliphatic rings. The van der Waals surface area contributed by atoms with Crippen molar-refractivity contribution >= 4 is 10.0 Å². The van der Waals surface area contributed by atoms with Crippen molar-refractivity contribution in [2.75, 3.05) is 20.2 Å². The first-order valence-corrected chi connectivity index (χ1v) is 10.5. The highest BCUT2D eigenvalue weighted by atomic mass is 32.2. The van der Waals surface area contributed by atoms with Gasteiger partial charge in [0.25, 0.3) is 5.89 Å². The van der Waals surface area contributed by atoms with Gasteiger partial charge in [0.15, 0.2) is 5.82 Å². The van der Waals surface area contributed by atoms with E-state index in [9.17, 15) is 8.42 Å². The third-order valence-electron chi connectivity index (χ3n) is 4.96. The Labute approximate surface area is 164 Å². The number of piperidine rings is 1. The van der Waals surface area contributed by atoms with Crippen LogP contribution < -0.4 is 4.74 Å². The lowest BCUT2D eigenvalue weighted by Gasteiger charge is -2.29. The summed E-state index contributed by atoms with van der Waals surface area (Å²) in [6, 6.07) is 16.0. The first kappa shape index (κ1) is 18.6. The number of sulfonamides is 1. The third-order valence-corrected chi connectivity index (χ3v) is 6.87. The van der Waals surface area contributed by atoms with Crippen LogP contribution in [0.2, 0.25) is 0 Å². The molecule has 0 unspecified atom stereocenters. The summed E-state index contributed by atoms with van der Waals surface area (Å²) in [5.74, 6) is 1.85. The zero-order valence-electron chi connectivity index (χ0n) is 15.5. The van der Waals surface area contributed by atoms with Gasteiger partial charge in [0.05, 0.1) is 12.0 Å². The molecule has 1 fully saturated rings. The molecule has 0 amide bonds. The van der Waals surface area contributed by atoms with Gasteiger partial charge in [0, 0.05) is 24.6 Å². The fraction of sp³-hybridized carbons (Fsp3) is 0.300. The maximum absolute atomic E-state index is 12.7. The fourth-order valence-corrected chi connectivity index (χ4v) is 4.86. The molecule has 2 aromatic carbocycles. The lowest BCUT2D eigenvalue weighted by atomic mass is 9.97. The second-order valence-electron chi connectivity index (χ2n) is 6.68. The van der Waals surface area contributed by atoms with E-state index in [0.717, 1.165) is 11.3 Å². The molecule has 4 rings (SSSR count). The topological polar surface area (TPSA) is 85.5 Å². The van der Waals surface area contributed by atoms with E-state index in [1.54, 1.807) is 37.4 Å². The minimum atomic E-state index is -3.46. The first-order valence-electron chi connectivity index (χ1n) is 9.11. The van der Waals surface area contributed by atoms with E-state index < -0.39 is 10.0 Å². The second kappa shape index (κ2) is 7.73. The van der Waals surface area contributed by atoms with E-state index in [0.29, 0.717) is 42.5 Å². The van der Waals surface area contributed by atoms with E-state index in [2.05, 4.69) is 10.1 Å². The molecule has 1 aromatic heterocycles. The van der Waals surface area contributed by atoms with Crippen LogP contribution in [-0.2, 0) is 10.0 Å². The number of aromatic nitrogens is 2. The van der Waals surface area contributed by atoms with Crippen LogP contribution in [0.4, 0.5) is 0 Å². The van der Waals surface area contributed by atoms with Crippen molar-refractivity contribution in [3.05, 3.63) is 60.4 Å². The van der Waals surface area contributed by atoms with Gasteiger partial charge in [-0.1, -0.05) is 29.4 Å². The lowest BCUT2D eigenvalue weighted by Crippen LogP contribution is -2.38. The van der Waals surface area contributed by atoms with Gasteiger partial charge in [-0.25, -0.2) is 8.42 Å². The zero-order chi connectivity index (χ0) is 19.6. The Bertz CT molecular complexity index is 1040. The van der Waals surface area contributed by atoms with Crippen molar-refractivity contribution < 1.29 is 17.7 Å². The predicted molar refractivity (Wildman–Crippen MR) is 103 cm³/mol. The van der Waals surface area contributed by atoms with Crippen molar-refractivity contribution in [2.24, 2.45) is 0 Å². The lowest BCUT2D eigenvalue weighted by molar-refractivity contribution is 0.307. The number of hydrogen-bond acceptors (Lipinski definition) is 6. The summed E-state index contributed by atoms with van der Waals surface area (Å²) in [5.41, 5.74) is 0.794. The van der Waals surface area contributed by atoms with Crippen molar-refractivity contribution in [2.45, 2.75) is 23.7 Å². The maximum Gasteiger partial charge on any atom is 0.258 e. The molecule has 7 nitrogen and oxygen atoms in total. The summed E-state index contributed by atoms with van der Waals surface area (Å²) in [7, 11) is -1.85. The summed E-state index contributed by atoms with van der Waals surface area (Å²) in [4.78, 5) is 4.85. The van der Waals surface area contributed by atoms with Crippen LogP contribution in [0.15, 0.2) is 64.0 Å². The minimum absolute atomic E-state index is 0.0744. The molecular formula is C20H21N3O4S. The van der Waals surface area contributed by atoms with Gasteiger partial charge in [0.1, 0.15) is 5.75 Å². The highest BCUT2D eigenvalue weighted by Gasteiger charge is 2.31. The SMILES string of the molecule is COc1cccc(-c2nc(C3CCN(S(=O)(=O)c4ccccc4)CC3)no2)c1. The molecule has 0 saturated carbocycles. The van der Waals surface area contributed by atoms with Crippen LogP contribution in [0.25, 0.3) is 11.5 Å². The Kier molecular flexibility index (Phi) is 5.15. The molecule has 0 atom stereocenters. The second-order valence-corrected chi connectivity index (χ2v) is 8.62. The van der Waals surface area contributed by atoms with Crippen LogP contribution in [0, 0.1) is 0 Å². The molecule has 2 heterocycles. The van der Waals surface area contributed by atoms with Gasteiger partial charge < -0.3 is 9.26 Å². The first-order chi connectivity index (χ1) is 13.6. The standard InChI is InChI=1S/C20H21N3O4S/c1-26-17-7-5-6-16(14-17)20-21-19(22-27-20)15-10-12-23(13-11-15)28(24,25)18-8-3-2-4-9-18/h2-9,14-15H,10-13H2,1H3. The van der Waals surface area contributed by atoms with Gasteiger partial charge in [-0.2, -0.15) is 9.29 Å². The molecule has 146 valence electrons. The summed E-state index contributed by atoms with van der Waals surface area (Å²) in [6.07, 6.45) is 1.31. The average molecular weight is 399 g/mol. The molecule has 0 N–H and O–H groups in total. The molecule has 1 aliphatic heterocycles. The molecule has 8 heteroatoms. The molecule has 28 heavy (non-hydrogen) atoms. The summed E-state index contributed by atoms with van der Waals surface area (Å²) in [6.45, 7) is 0.871. The quantitative estimate of drug-likeness (QED) is 0.654. The van der Waals surface area contributed by atoms with Gasteiger partial charge in [-0.3, -0.25) is 0 Å². The van der Waals surface area contributed by atoms with E-state index in [4.69, 9.17) is 9.26 Å². The number of ether oxygens (including phenoxy) is 1. The van der Waals surface area contributed by atoms with Gasteiger partial charge >= 0.3 is 0 Å². The number of rotatable bonds is 5. The third kappa shape index (κ3) is 3.65. The molecule has 0 spiro atoms. The number of nitrogens with zero attached hydrogens (tertiary/aromatic N) is 3. The summed E-state index contributed by atoms with van der Waals surface area (Å²) in [5, 5.41) is 4.12. The maximum atomic E-state index is 12.7. The van der Waals surface area contributed by atoms with Crippen LogP contribution in [-0.4, -0.2) is 43.1 Å².